The molecule has 1 unspecified atom stereocenters. The molecule has 0 aliphatic heterocycles. The van der Waals surface area contributed by atoms with Crippen LogP contribution >= 0.6 is 11.8 Å². The number of benzene rings is 2. The van der Waals surface area contributed by atoms with Gasteiger partial charge in [0.15, 0.2) is 6.61 Å². The van der Waals surface area contributed by atoms with Gasteiger partial charge in [-0.15, -0.1) is 5.10 Å². The zero-order valence-corrected chi connectivity index (χ0v) is 16.5. The number of hydrogen-bond acceptors (Lipinski definition) is 7. The largest absolute Gasteiger partial charge is 0.497 e. The number of thioether (sulfide) groups is 1. The smallest absolute Gasteiger partial charge is 0.313 e. The highest BCUT2D eigenvalue weighted by Crippen LogP contribution is 2.25. The second-order valence-electron chi connectivity index (χ2n) is 6.02. The first kappa shape index (κ1) is 19.7. The van der Waals surface area contributed by atoms with Crippen LogP contribution in [0.1, 0.15) is 18.4 Å². The number of amides is 1. The summed E-state index contributed by atoms with van der Waals surface area (Å²) in [4.78, 5) is 28.3. The number of hydrogen-bond donors (Lipinski definition) is 2. The van der Waals surface area contributed by atoms with E-state index in [4.69, 9.17) is 9.47 Å². The summed E-state index contributed by atoms with van der Waals surface area (Å²) in [6.45, 7) is 1.34. The molecule has 1 atom stereocenters. The molecule has 8 nitrogen and oxygen atoms in total. The predicted molar refractivity (Wildman–Crippen MR) is 107 cm³/mol. The van der Waals surface area contributed by atoms with Gasteiger partial charge >= 0.3 is 5.97 Å². The van der Waals surface area contributed by atoms with Crippen molar-refractivity contribution < 1.29 is 19.1 Å². The van der Waals surface area contributed by atoms with Gasteiger partial charge < -0.3 is 9.47 Å². The Morgan fingerprint density at radius 1 is 1.21 bits per heavy atom. The second kappa shape index (κ2) is 8.75. The SMILES string of the molecule is COc1ccc2cc(C(C)C(=O)OCC(=O)Nc3nc(SC)n[nH]3)ccc2c1. The summed E-state index contributed by atoms with van der Waals surface area (Å²) in [5.41, 5.74) is 0.808. The molecule has 0 aliphatic carbocycles. The van der Waals surface area contributed by atoms with E-state index >= 15 is 0 Å². The normalized spacial score (nSPS) is 11.8. The third-order valence-electron chi connectivity index (χ3n) is 4.18. The third kappa shape index (κ3) is 4.61. The standard InChI is InChI=1S/C19H20N4O4S/c1-11(12-4-5-14-9-15(26-2)7-6-13(14)8-12)17(25)27-10-16(24)20-18-21-19(28-3)23-22-18/h4-9,11H,10H2,1-3H3,(H2,20,21,22,23,24). The number of aromatic nitrogens is 3. The number of H-pyrrole nitrogens is 1. The molecule has 0 saturated heterocycles. The molecule has 1 aromatic heterocycles. The van der Waals surface area contributed by atoms with Crippen molar-refractivity contribution in [3.63, 3.8) is 0 Å². The fraction of sp³-hybridized carbons (Fsp3) is 0.263. The molecule has 2 aromatic carbocycles. The minimum Gasteiger partial charge on any atom is -0.497 e. The van der Waals surface area contributed by atoms with Crippen LogP contribution in [0.4, 0.5) is 5.95 Å². The van der Waals surface area contributed by atoms with E-state index in [9.17, 15) is 9.59 Å². The lowest BCUT2D eigenvalue weighted by atomic mass is 9.98. The summed E-state index contributed by atoms with van der Waals surface area (Å²) in [7, 11) is 1.62. The number of rotatable bonds is 7. The molecule has 0 spiro atoms. The van der Waals surface area contributed by atoms with Gasteiger partial charge in [-0.25, -0.2) is 5.10 Å². The van der Waals surface area contributed by atoms with E-state index in [2.05, 4.69) is 20.5 Å². The van der Waals surface area contributed by atoms with Gasteiger partial charge in [0.05, 0.1) is 13.0 Å². The summed E-state index contributed by atoms with van der Waals surface area (Å²) in [6, 6.07) is 11.5. The molecule has 3 rings (SSSR count). The molecule has 0 saturated carbocycles. The van der Waals surface area contributed by atoms with Crippen molar-refractivity contribution in [1.82, 2.24) is 15.2 Å². The Balaban J connectivity index is 1.59. The highest BCUT2D eigenvalue weighted by molar-refractivity contribution is 7.98. The van der Waals surface area contributed by atoms with Crippen LogP contribution in [0, 0.1) is 0 Å². The zero-order chi connectivity index (χ0) is 20.1. The van der Waals surface area contributed by atoms with Crippen molar-refractivity contribution in [3.8, 4) is 5.75 Å². The highest BCUT2D eigenvalue weighted by Gasteiger charge is 2.19. The Labute approximate surface area is 166 Å². The molecule has 1 heterocycles. The molecule has 0 radical (unpaired) electrons. The lowest BCUT2D eigenvalue weighted by Crippen LogP contribution is -2.23. The third-order valence-corrected chi connectivity index (χ3v) is 4.72. The Morgan fingerprint density at radius 2 is 1.96 bits per heavy atom. The first-order chi connectivity index (χ1) is 13.5. The number of carbonyl (C=O) groups is 2. The Hall–Kier alpha value is -3.07. The van der Waals surface area contributed by atoms with E-state index < -0.39 is 24.4 Å². The molecular weight excluding hydrogens is 380 g/mol. The topological polar surface area (TPSA) is 106 Å². The number of fused-ring (bicyclic) bond motifs is 1. The average molecular weight is 400 g/mol. The lowest BCUT2D eigenvalue weighted by molar-refractivity contribution is -0.148. The molecular formula is C19H20N4O4S. The minimum absolute atomic E-state index is 0.211. The van der Waals surface area contributed by atoms with Crippen LogP contribution in [0.3, 0.4) is 0 Å². The first-order valence-corrected chi connectivity index (χ1v) is 9.73. The van der Waals surface area contributed by atoms with Gasteiger partial charge in [0.1, 0.15) is 5.75 Å². The number of ether oxygens (including phenoxy) is 2. The first-order valence-electron chi connectivity index (χ1n) is 8.50. The summed E-state index contributed by atoms with van der Waals surface area (Å²) in [5, 5.41) is 11.5. The van der Waals surface area contributed by atoms with Gasteiger partial charge in [-0.05, 0) is 41.6 Å². The average Bonchev–Trinajstić information content (AvgIpc) is 3.18. The van der Waals surface area contributed by atoms with Crippen molar-refractivity contribution in [2.24, 2.45) is 0 Å². The number of carbonyl (C=O) groups excluding carboxylic acids is 2. The quantitative estimate of drug-likeness (QED) is 0.464. The summed E-state index contributed by atoms with van der Waals surface area (Å²) in [6.07, 6.45) is 1.82. The number of anilines is 1. The number of esters is 1. The molecule has 0 bridgehead atoms. The maximum absolute atomic E-state index is 12.3. The maximum Gasteiger partial charge on any atom is 0.313 e. The number of methoxy groups -OCH3 is 1. The van der Waals surface area contributed by atoms with Crippen LogP contribution in [0.15, 0.2) is 41.6 Å². The fourth-order valence-corrected chi connectivity index (χ4v) is 2.92. The van der Waals surface area contributed by atoms with E-state index in [1.807, 2.05) is 42.7 Å². The molecule has 28 heavy (non-hydrogen) atoms. The zero-order valence-electron chi connectivity index (χ0n) is 15.7. The molecule has 9 heteroatoms. The van der Waals surface area contributed by atoms with Crippen molar-refractivity contribution in [2.75, 3.05) is 25.3 Å². The van der Waals surface area contributed by atoms with E-state index in [1.54, 1.807) is 14.0 Å². The molecule has 146 valence electrons. The van der Waals surface area contributed by atoms with Crippen molar-refractivity contribution in [3.05, 3.63) is 42.0 Å². The van der Waals surface area contributed by atoms with Gasteiger partial charge in [0.25, 0.3) is 5.91 Å². The summed E-state index contributed by atoms with van der Waals surface area (Å²) >= 11 is 1.34. The van der Waals surface area contributed by atoms with E-state index in [0.29, 0.717) is 5.16 Å². The van der Waals surface area contributed by atoms with Crippen molar-refractivity contribution in [1.29, 1.82) is 0 Å². The van der Waals surface area contributed by atoms with E-state index in [0.717, 1.165) is 22.1 Å². The van der Waals surface area contributed by atoms with E-state index in [-0.39, 0.29) is 5.95 Å². The number of nitrogens with zero attached hydrogens (tertiary/aromatic N) is 2. The predicted octanol–water partition coefficient (Wildman–Crippen LogP) is 2.97. The Bertz CT molecular complexity index is 1000. The monoisotopic (exact) mass is 400 g/mol. The minimum atomic E-state index is -0.507. The molecule has 0 fully saturated rings. The van der Waals surface area contributed by atoms with Gasteiger partial charge in [0.2, 0.25) is 11.1 Å². The van der Waals surface area contributed by atoms with Gasteiger partial charge in [0, 0.05) is 0 Å². The van der Waals surface area contributed by atoms with Crippen molar-refractivity contribution >= 4 is 40.4 Å². The van der Waals surface area contributed by atoms with Crippen LogP contribution in [0.2, 0.25) is 0 Å². The fourth-order valence-electron chi connectivity index (χ4n) is 2.60. The molecule has 2 N–H and O–H groups in total. The molecule has 0 aliphatic rings. The Kier molecular flexibility index (Phi) is 6.15. The summed E-state index contributed by atoms with van der Waals surface area (Å²) in [5.74, 6) is -0.494. The highest BCUT2D eigenvalue weighted by atomic mass is 32.2. The van der Waals surface area contributed by atoms with Crippen LogP contribution in [-0.4, -0.2) is 47.0 Å². The summed E-state index contributed by atoms with van der Waals surface area (Å²) < 4.78 is 10.4. The number of aromatic amines is 1. The lowest BCUT2D eigenvalue weighted by Gasteiger charge is -2.13. The van der Waals surface area contributed by atoms with Gasteiger partial charge in [-0.1, -0.05) is 36.0 Å². The molecule has 3 aromatic rings. The van der Waals surface area contributed by atoms with Gasteiger partial charge in [-0.2, -0.15) is 4.98 Å². The Morgan fingerprint density at radius 3 is 2.68 bits per heavy atom. The van der Waals surface area contributed by atoms with Crippen LogP contribution < -0.4 is 10.1 Å². The number of nitrogens with one attached hydrogen (secondary N) is 2. The maximum atomic E-state index is 12.3. The van der Waals surface area contributed by atoms with Crippen LogP contribution in [-0.2, 0) is 14.3 Å². The van der Waals surface area contributed by atoms with Crippen LogP contribution in [0.5, 0.6) is 5.75 Å². The second-order valence-corrected chi connectivity index (χ2v) is 6.79. The van der Waals surface area contributed by atoms with Crippen LogP contribution in [0.25, 0.3) is 10.8 Å². The molecule has 1 amide bonds. The van der Waals surface area contributed by atoms with E-state index in [1.165, 1.54) is 11.8 Å². The van der Waals surface area contributed by atoms with Crippen molar-refractivity contribution in [2.45, 2.75) is 18.0 Å². The van der Waals surface area contributed by atoms with Gasteiger partial charge in [-0.3, -0.25) is 14.9 Å².